The molecule has 0 radical (unpaired) electrons. The largest absolute Gasteiger partial charge is 0.403 e. The second kappa shape index (κ2) is 6.26. The smallest absolute Gasteiger partial charge is 0.322 e. The van der Waals surface area contributed by atoms with Gasteiger partial charge in [0.15, 0.2) is 0 Å². The Kier molecular flexibility index (Phi) is 4.35. The molecule has 0 bridgehead atoms. The molecular formula is C13H6Cl3N3O2S. The van der Waals surface area contributed by atoms with Crippen LogP contribution in [0.15, 0.2) is 34.7 Å². The molecule has 0 atom stereocenters. The molecule has 0 saturated heterocycles. The van der Waals surface area contributed by atoms with E-state index in [4.69, 9.17) is 39.2 Å². The maximum absolute atomic E-state index is 12.0. The van der Waals surface area contributed by atoms with Gasteiger partial charge in [0, 0.05) is 5.02 Å². The maximum Gasteiger partial charge on any atom is 0.322 e. The highest BCUT2D eigenvalue weighted by Gasteiger charge is 2.16. The van der Waals surface area contributed by atoms with Crippen molar-refractivity contribution < 1.29 is 9.21 Å². The fourth-order valence-electron chi connectivity index (χ4n) is 1.64. The van der Waals surface area contributed by atoms with Gasteiger partial charge in [-0.2, -0.15) is 0 Å². The van der Waals surface area contributed by atoms with Crippen molar-refractivity contribution in [1.82, 2.24) is 10.2 Å². The number of carbonyl (C=O) groups excluding carboxylic acids is 1. The summed E-state index contributed by atoms with van der Waals surface area (Å²) in [4.78, 5) is 12.4. The fraction of sp³-hybridized carbons (Fsp3) is 0. The summed E-state index contributed by atoms with van der Waals surface area (Å²) >= 11 is 18.8. The highest BCUT2D eigenvalue weighted by atomic mass is 35.5. The molecule has 22 heavy (non-hydrogen) atoms. The highest BCUT2D eigenvalue weighted by Crippen LogP contribution is 2.30. The van der Waals surface area contributed by atoms with Gasteiger partial charge in [0.05, 0.1) is 19.8 Å². The number of carbonyl (C=O) groups is 1. The first-order valence-corrected chi connectivity index (χ1v) is 7.83. The Bertz CT molecular complexity index is 847. The molecule has 0 spiro atoms. The number of hydrogen-bond acceptors (Lipinski definition) is 5. The van der Waals surface area contributed by atoms with Gasteiger partial charge in [-0.15, -0.1) is 16.4 Å². The van der Waals surface area contributed by atoms with Crippen molar-refractivity contribution in [3.05, 3.63) is 49.6 Å². The number of aromatic nitrogens is 2. The molecule has 5 nitrogen and oxygen atoms in total. The van der Waals surface area contributed by atoms with E-state index in [-0.39, 0.29) is 17.8 Å². The Morgan fingerprint density at radius 2 is 1.95 bits per heavy atom. The van der Waals surface area contributed by atoms with E-state index in [2.05, 4.69) is 15.5 Å². The first-order chi connectivity index (χ1) is 10.5. The van der Waals surface area contributed by atoms with Gasteiger partial charge in [0.1, 0.15) is 0 Å². The van der Waals surface area contributed by atoms with Gasteiger partial charge in [0.25, 0.3) is 11.8 Å². The van der Waals surface area contributed by atoms with Gasteiger partial charge in [-0.1, -0.05) is 39.9 Å². The predicted octanol–water partition coefficient (Wildman–Crippen LogP) is 5.01. The zero-order chi connectivity index (χ0) is 15.7. The Morgan fingerprint density at radius 1 is 1.14 bits per heavy atom. The molecule has 1 aromatic carbocycles. The summed E-state index contributed by atoms with van der Waals surface area (Å²) in [5.41, 5.74) is 0.526. The third-order valence-electron chi connectivity index (χ3n) is 2.60. The average molecular weight is 375 g/mol. The van der Waals surface area contributed by atoms with Crippen LogP contribution >= 0.6 is 46.1 Å². The summed E-state index contributed by atoms with van der Waals surface area (Å²) in [5.74, 6) is -0.199. The van der Waals surface area contributed by atoms with Crippen LogP contribution in [0.5, 0.6) is 0 Å². The standard InChI is InChI=1S/C13H6Cl3N3O2S/c14-6-1-2-7(8(15)5-6)12-18-19-13(21-12)17-11(20)9-3-4-10(16)22-9/h1-5H,(H,17,19,20). The van der Waals surface area contributed by atoms with Crippen LogP contribution in [-0.4, -0.2) is 16.1 Å². The molecule has 112 valence electrons. The molecule has 0 saturated carbocycles. The van der Waals surface area contributed by atoms with Crippen LogP contribution in [0.4, 0.5) is 6.01 Å². The topological polar surface area (TPSA) is 68.0 Å². The minimum atomic E-state index is -0.380. The quantitative estimate of drug-likeness (QED) is 0.699. The molecule has 0 aliphatic carbocycles. The minimum Gasteiger partial charge on any atom is -0.403 e. The van der Waals surface area contributed by atoms with Crippen LogP contribution in [0.25, 0.3) is 11.5 Å². The van der Waals surface area contributed by atoms with E-state index < -0.39 is 0 Å². The van der Waals surface area contributed by atoms with Crippen LogP contribution < -0.4 is 5.32 Å². The first-order valence-electron chi connectivity index (χ1n) is 5.88. The SMILES string of the molecule is O=C(Nc1nnc(-c2ccc(Cl)cc2Cl)o1)c1ccc(Cl)s1. The van der Waals surface area contributed by atoms with Gasteiger partial charge in [0.2, 0.25) is 0 Å². The normalized spacial score (nSPS) is 10.7. The molecular weight excluding hydrogens is 369 g/mol. The van der Waals surface area contributed by atoms with Crippen LogP contribution in [0.2, 0.25) is 14.4 Å². The summed E-state index contributed by atoms with van der Waals surface area (Å²) in [5, 5.41) is 11.0. The second-order valence-corrected chi connectivity index (χ2v) is 6.65. The van der Waals surface area contributed by atoms with Crippen molar-refractivity contribution >= 4 is 58.1 Å². The number of rotatable bonds is 3. The lowest BCUT2D eigenvalue weighted by atomic mass is 10.2. The molecule has 9 heteroatoms. The number of anilines is 1. The van der Waals surface area contributed by atoms with E-state index in [1.54, 1.807) is 30.3 Å². The van der Waals surface area contributed by atoms with Crippen molar-refractivity contribution in [3.63, 3.8) is 0 Å². The molecule has 1 N–H and O–H groups in total. The summed E-state index contributed by atoms with van der Waals surface area (Å²) in [6.07, 6.45) is 0. The Hall–Kier alpha value is -1.60. The monoisotopic (exact) mass is 373 g/mol. The van der Waals surface area contributed by atoms with Crippen LogP contribution in [0.1, 0.15) is 9.67 Å². The van der Waals surface area contributed by atoms with E-state index in [1.165, 1.54) is 0 Å². The van der Waals surface area contributed by atoms with Crippen molar-refractivity contribution in [2.45, 2.75) is 0 Å². The van der Waals surface area contributed by atoms with Gasteiger partial charge >= 0.3 is 6.01 Å². The van der Waals surface area contributed by atoms with Gasteiger partial charge in [-0.05, 0) is 30.3 Å². The molecule has 3 rings (SSSR count). The molecule has 1 amide bonds. The van der Waals surface area contributed by atoms with Crippen molar-refractivity contribution in [2.75, 3.05) is 5.32 Å². The third-order valence-corrected chi connectivity index (χ3v) is 4.38. The van der Waals surface area contributed by atoms with E-state index in [0.717, 1.165) is 11.3 Å². The average Bonchev–Trinajstić information content (AvgIpc) is 3.08. The van der Waals surface area contributed by atoms with E-state index in [0.29, 0.717) is 24.8 Å². The molecule has 0 unspecified atom stereocenters. The van der Waals surface area contributed by atoms with Crippen LogP contribution in [0, 0.1) is 0 Å². The molecule has 0 fully saturated rings. The summed E-state index contributed by atoms with van der Waals surface area (Å²) in [6, 6.07) is 8.08. The Balaban J connectivity index is 1.80. The van der Waals surface area contributed by atoms with Crippen molar-refractivity contribution in [3.8, 4) is 11.5 Å². The van der Waals surface area contributed by atoms with E-state index in [9.17, 15) is 4.79 Å². The van der Waals surface area contributed by atoms with Gasteiger partial charge in [-0.3, -0.25) is 10.1 Å². The van der Waals surface area contributed by atoms with Gasteiger partial charge < -0.3 is 4.42 Å². The zero-order valence-corrected chi connectivity index (χ0v) is 13.7. The number of benzene rings is 1. The predicted molar refractivity (Wildman–Crippen MR) is 87.0 cm³/mol. The van der Waals surface area contributed by atoms with Crippen LogP contribution in [-0.2, 0) is 0 Å². The third kappa shape index (κ3) is 3.25. The molecule has 3 aromatic rings. The maximum atomic E-state index is 12.0. The molecule has 0 aliphatic rings. The summed E-state index contributed by atoms with van der Waals surface area (Å²) < 4.78 is 5.90. The lowest BCUT2D eigenvalue weighted by molar-refractivity contribution is 0.102. The number of halogens is 3. The molecule has 2 heterocycles. The first kappa shape index (κ1) is 15.3. The van der Waals surface area contributed by atoms with E-state index in [1.807, 2.05) is 0 Å². The fourth-order valence-corrected chi connectivity index (χ4v) is 3.07. The Labute approximate surface area is 143 Å². The van der Waals surface area contributed by atoms with Crippen molar-refractivity contribution in [1.29, 1.82) is 0 Å². The van der Waals surface area contributed by atoms with E-state index >= 15 is 0 Å². The minimum absolute atomic E-state index is 0.0319. The number of hydrogen-bond donors (Lipinski definition) is 1. The highest BCUT2D eigenvalue weighted by molar-refractivity contribution is 7.18. The number of amides is 1. The van der Waals surface area contributed by atoms with Crippen molar-refractivity contribution in [2.24, 2.45) is 0 Å². The van der Waals surface area contributed by atoms with Crippen LogP contribution in [0.3, 0.4) is 0 Å². The number of nitrogens with zero attached hydrogens (tertiary/aromatic N) is 2. The molecule has 0 aliphatic heterocycles. The zero-order valence-electron chi connectivity index (χ0n) is 10.6. The lowest BCUT2D eigenvalue weighted by Crippen LogP contribution is -2.10. The second-order valence-electron chi connectivity index (χ2n) is 4.09. The Morgan fingerprint density at radius 3 is 2.64 bits per heavy atom. The lowest BCUT2D eigenvalue weighted by Gasteiger charge is -1.99. The number of thiophene rings is 1. The summed E-state index contributed by atoms with van der Waals surface area (Å²) in [7, 11) is 0. The van der Waals surface area contributed by atoms with Gasteiger partial charge in [-0.25, -0.2) is 0 Å². The summed E-state index contributed by atoms with van der Waals surface area (Å²) in [6.45, 7) is 0. The molecule has 2 aromatic heterocycles. The number of nitrogens with one attached hydrogen (secondary N) is 1.